The third-order valence-corrected chi connectivity index (χ3v) is 3.30. The van der Waals surface area contributed by atoms with E-state index in [-0.39, 0.29) is 5.82 Å². The number of hydrogen-bond donors (Lipinski definition) is 2. The fourth-order valence-electron chi connectivity index (χ4n) is 2.08. The zero-order valence-electron chi connectivity index (χ0n) is 11.2. The highest BCUT2D eigenvalue weighted by Gasteiger charge is 2.09. The van der Waals surface area contributed by atoms with Crippen LogP contribution in [0.25, 0.3) is 0 Å². The minimum atomic E-state index is -0.135. The molecule has 0 bridgehead atoms. The first-order valence-electron chi connectivity index (χ1n) is 6.55. The van der Waals surface area contributed by atoms with Crippen molar-refractivity contribution in [3.8, 4) is 0 Å². The molecule has 0 aliphatic carbocycles. The summed E-state index contributed by atoms with van der Waals surface area (Å²) in [5, 5.41) is 0. The average molecular weight is 240 g/mol. The molecule has 2 N–H and O–H groups in total. The van der Waals surface area contributed by atoms with E-state index in [1.165, 1.54) is 30.6 Å². The molecule has 0 spiro atoms. The van der Waals surface area contributed by atoms with Gasteiger partial charge in [-0.05, 0) is 26.0 Å². The van der Waals surface area contributed by atoms with Crippen LogP contribution in [-0.2, 0) is 6.54 Å². The van der Waals surface area contributed by atoms with Crippen LogP contribution in [-0.4, -0.2) is 33.2 Å². The quantitative estimate of drug-likeness (QED) is 0.651. The first kappa shape index (κ1) is 14.1. The van der Waals surface area contributed by atoms with Crippen molar-refractivity contribution in [2.24, 2.45) is 0 Å². The number of quaternary nitrogens is 2. The molecule has 0 aromatic heterocycles. The first-order valence-corrected chi connectivity index (χ1v) is 6.55. The van der Waals surface area contributed by atoms with Crippen molar-refractivity contribution in [3.05, 3.63) is 35.6 Å². The average Bonchev–Trinajstić information content (AvgIpc) is 2.30. The second-order valence-corrected chi connectivity index (χ2v) is 4.72. The topological polar surface area (TPSA) is 8.88 Å². The van der Waals surface area contributed by atoms with Gasteiger partial charge in [0.15, 0.2) is 0 Å². The molecule has 0 saturated heterocycles. The van der Waals surface area contributed by atoms with E-state index in [0.29, 0.717) is 0 Å². The van der Waals surface area contributed by atoms with E-state index < -0.39 is 0 Å². The number of likely N-dealkylation sites (N-methyl/N-ethyl adjacent to an activating group) is 2. The molecule has 1 atom stereocenters. The fourth-order valence-corrected chi connectivity index (χ4v) is 2.08. The van der Waals surface area contributed by atoms with E-state index in [2.05, 4.69) is 20.9 Å². The Bertz CT molecular complexity index is 324. The van der Waals surface area contributed by atoms with Crippen molar-refractivity contribution < 1.29 is 14.2 Å². The standard InChI is InChI=1S/C14H23FN2/c1-4-17(5-2)10-9-16(3)12-13-7-6-8-14(15)11-13/h6-8,11H,4-5,9-10,12H2,1-3H3/p+2. The highest BCUT2D eigenvalue weighted by Crippen LogP contribution is 2.01. The molecule has 17 heavy (non-hydrogen) atoms. The van der Waals surface area contributed by atoms with Crippen LogP contribution in [0.5, 0.6) is 0 Å². The summed E-state index contributed by atoms with van der Waals surface area (Å²) < 4.78 is 13.0. The molecule has 0 radical (unpaired) electrons. The van der Waals surface area contributed by atoms with Gasteiger partial charge in [-0.2, -0.15) is 0 Å². The Morgan fingerprint density at radius 1 is 1.12 bits per heavy atom. The summed E-state index contributed by atoms with van der Waals surface area (Å²) in [4.78, 5) is 3.07. The highest BCUT2D eigenvalue weighted by molar-refractivity contribution is 5.14. The zero-order chi connectivity index (χ0) is 12.7. The van der Waals surface area contributed by atoms with Gasteiger partial charge < -0.3 is 9.80 Å². The normalized spacial score (nSPS) is 13.0. The van der Waals surface area contributed by atoms with Crippen LogP contribution in [0.3, 0.4) is 0 Å². The molecule has 1 aromatic rings. The summed E-state index contributed by atoms with van der Waals surface area (Å²) in [5.41, 5.74) is 1.08. The molecule has 1 aromatic carbocycles. The van der Waals surface area contributed by atoms with Crippen LogP contribution in [0.1, 0.15) is 19.4 Å². The molecule has 0 fully saturated rings. The maximum Gasteiger partial charge on any atom is 0.127 e. The smallest absolute Gasteiger partial charge is 0.127 e. The van der Waals surface area contributed by atoms with Gasteiger partial charge in [0.05, 0.1) is 20.1 Å². The molecule has 0 heterocycles. The van der Waals surface area contributed by atoms with Crippen molar-refractivity contribution in [2.75, 3.05) is 33.2 Å². The van der Waals surface area contributed by atoms with Gasteiger partial charge in [-0.1, -0.05) is 12.1 Å². The zero-order valence-corrected chi connectivity index (χ0v) is 11.2. The van der Waals surface area contributed by atoms with Crippen molar-refractivity contribution in [3.63, 3.8) is 0 Å². The van der Waals surface area contributed by atoms with Crippen molar-refractivity contribution >= 4 is 0 Å². The molecule has 2 nitrogen and oxygen atoms in total. The predicted molar refractivity (Wildman–Crippen MR) is 68.8 cm³/mol. The van der Waals surface area contributed by atoms with Crippen LogP contribution >= 0.6 is 0 Å². The molecular formula is C14H25FN2+2. The van der Waals surface area contributed by atoms with E-state index in [1.807, 2.05) is 6.07 Å². The van der Waals surface area contributed by atoms with Crippen molar-refractivity contribution in [1.82, 2.24) is 0 Å². The molecule has 1 unspecified atom stereocenters. The highest BCUT2D eigenvalue weighted by atomic mass is 19.1. The molecular weight excluding hydrogens is 215 g/mol. The lowest BCUT2D eigenvalue weighted by Gasteiger charge is -2.19. The Hall–Kier alpha value is -0.930. The van der Waals surface area contributed by atoms with Crippen molar-refractivity contribution in [1.29, 1.82) is 0 Å². The van der Waals surface area contributed by atoms with Gasteiger partial charge in [-0.15, -0.1) is 0 Å². The summed E-state index contributed by atoms with van der Waals surface area (Å²) in [7, 11) is 2.17. The van der Waals surface area contributed by atoms with Gasteiger partial charge in [0.25, 0.3) is 0 Å². The molecule has 0 amide bonds. The maximum atomic E-state index is 13.0. The minimum Gasteiger partial charge on any atom is -0.331 e. The van der Waals surface area contributed by atoms with Gasteiger partial charge in [-0.3, -0.25) is 0 Å². The summed E-state index contributed by atoms with van der Waals surface area (Å²) >= 11 is 0. The molecule has 0 aliphatic rings. The van der Waals surface area contributed by atoms with Crippen LogP contribution in [0, 0.1) is 5.82 Å². The van der Waals surface area contributed by atoms with Gasteiger partial charge in [0, 0.05) is 5.56 Å². The lowest BCUT2D eigenvalue weighted by atomic mass is 10.2. The lowest BCUT2D eigenvalue weighted by Crippen LogP contribution is -3.18. The van der Waals surface area contributed by atoms with Crippen LogP contribution in [0.4, 0.5) is 4.39 Å². The number of benzene rings is 1. The van der Waals surface area contributed by atoms with E-state index in [4.69, 9.17) is 0 Å². The number of nitrogens with one attached hydrogen (secondary N) is 2. The van der Waals surface area contributed by atoms with Crippen LogP contribution in [0.2, 0.25) is 0 Å². The SMILES string of the molecule is CC[NH+](CC)CC[NH+](C)Cc1cccc(F)c1. The Morgan fingerprint density at radius 3 is 2.41 bits per heavy atom. The fraction of sp³-hybridized carbons (Fsp3) is 0.571. The second kappa shape index (κ2) is 7.41. The second-order valence-electron chi connectivity index (χ2n) is 4.72. The molecule has 0 saturated carbocycles. The molecule has 0 aliphatic heterocycles. The molecule has 1 rings (SSSR count). The maximum absolute atomic E-state index is 13.0. The van der Waals surface area contributed by atoms with E-state index in [9.17, 15) is 4.39 Å². The van der Waals surface area contributed by atoms with E-state index in [1.54, 1.807) is 17.0 Å². The minimum absolute atomic E-state index is 0.135. The van der Waals surface area contributed by atoms with Crippen molar-refractivity contribution in [2.45, 2.75) is 20.4 Å². The molecule has 3 heteroatoms. The number of hydrogen-bond acceptors (Lipinski definition) is 0. The Balaban J connectivity index is 2.36. The van der Waals surface area contributed by atoms with E-state index >= 15 is 0 Å². The summed E-state index contributed by atoms with van der Waals surface area (Å²) in [6.07, 6.45) is 0. The van der Waals surface area contributed by atoms with Crippen LogP contribution in [0.15, 0.2) is 24.3 Å². The summed E-state index contributed by atoms with van der Waals surface area (Å²) in [6, 6.07) is 6.91. The predicted octanol–water partition coefficient (Wildman–Crippen LogP) is -0.235. The summed E-state index contributed by atoms with van der Waals surface area (Å²) in [5.74, 6) is -0.135. The third kappa shape index (κ3) is 5.29. The van der Waals surface area contributed by atoms with Gasteiger partial charge in [-0.25, -0.2) is 4.39 Å². The Kier molecular flexibility index (Phi) is 6.16. The monoisotopic (exact) mass is 240 g/mol. The third-order valence-electron chi connectivity index (χ3n) is 3.30. The summed E-state index contributed by atoms with van der Waals surface area (Å²) in [6.45, 7) is 10.0. The number of rotatable bonds is 7. The van der Waals surface area contributed by atoms with Gasteiger partial charge >= 0.3 is 0 Å². The van der Waals surface area contributed by atoms with Gasteiger partial charge in [0.2, 0.25) is 0 Å². The Labute approximate surface area is 104 Å². The van der Waals surface area contributed by atoms with E-state index in [0.717, 1.165) is 18.7 Å². The van der Waals surface area contributed by atoms with Gasteiger partial charge in [0.1, 0.15) is 25.5 Å². The largest absolute Gasteiger partial charge is 0.331 e. The lowest BCUT2D eigenvalue weighted by molar-refractivity contribution is -0.953. The molecule has 96 valence electrons. The van der Waals surface area contributed by atoms with Crippen LogP contribution < -0.4 is 9.80 Å². The number of halogens is 1. The first-order chi connectivity index (χ1) is 8.15. The Morgan fingerprint density at radius 2 is 1.82 bits per heavy atom.